The number of nitrogens with one attached hydrogen (secondary N) is 3. The van der Waals surface area contributed by atoms with E-state index in [1.807, 2.05) is 0 Å². The van der Waals surface area contributed by atoms with Crippen LogP contribution in [0.2, 0.25) is 0 Å². The van der Waals surface area contributed by atoms with Crippen LogP contribution in [-0.2, 0) is 19.1 Å². The highest BCUT2D eigenvalue weighted by atomic mass is 35.5. The van der Waals surface area contributed by atoms with E-state index in [1.165, 1.54) is 0 Å². The summed E-state index contributed by atoms with van der Waals surface area (Å²) in [4.78, 5) is 36.4. The summed E-state index contributed by atoms with van der Waals surface area (Å²) in [5, 5.41) is 8.63. The van der Waals surface area contributed by atoms with Crippen LogP contribution in [0.15, 0.2) is 24.3 Å². The highest BCUT2D eigenvalue weighted by molar-refractivity contribution is 5.99. The van der Waals surface area contributed by atoms with Gasteiger partial charge >= 0.3 is 5.97 Å². The molecule has 0 aromatic heterocycles. The van der Waals surface area contributed by atoms with E-state index in [4.69, 9.17) is 9.47 Å². The van der Waals surface area contributed by atoms with Crippen molar-refractivity contribution in [3.05, 3.63) is 29.8 Å². The zero-order chi connectivity index (χ0) is 19.9. The highest BCUT2D eigenvalue weighted by Gasteiger charge is 2.39. The van der Waals surface area contributed by atoms with E-state index < -0.39 is 17.6 Å². The van der Waals surface area contributed by atoms with E-state index in [2.05, 4.69) is 16.0 Å². The number of halogens is 1. The molecule has 0 aliphatic carbocycles. The van der Waals surface area contributed by atoms with E-state index in [0.717, 1.165) is 13.1 Å². The number of amides is 2. The number of piperidine rings is 1. The zero-order valence-electron chi connectivity index (χ0n) is 16.4. The molecular weight excluding hydrogens is 386 g/mol. The molecule has 1 unspecified atom stereocenters. The molecule has 28 heavy (non-hydrogen) atoms. The van der Waals surface area contributed by atoms with Crippen LogP contribution in [0.1, 0.15) is 37.0 Å². The van der Waals surface area contributed by atoms with Gasteiger partial charge in [0.15, 0.2) is 0 Å². The Balaban J connectivity index is 0.00000392. The molecule has 156 valence electrons. The molecule has 9 heteroatoms. The lowest BCUT2D eigenvalue weighted by Crippen LogP contribution is -2.51. The fourth-order valence-corrected chi connectivity index (χ4v) is 2.91. The number of carbonyl (C=O) groups excluding carboxylic acids is 3. The van der Waals surface area contributed by atoms with Crippen LogP contribution in [0.5, 0.6) is 0 Å². The number of rotatable bonds is 7. The summed E-state index contributed by atoms with van der Waals surface area (Å²) in [6, 6.07) is 5.73. The van der Waals surface area contributed by atoms with E-state index >= 15 is 0 Å². The van der Waals surface area contributed by atoms with Gasteiger partial charge in [-0.15, -0.1) is 12.4 Å². The number of carbonyl (C=O) groups is 3. The van der Waals surface area contributed by atoms with Crippen molar-refractivity contribution in [2.45, 2.75) is 38.3 Å². The number of benzene rings is 1. The van der Waals surface area contributed by atoms with Gasteiger partial charge in [0.2, 0.25) is 0 Å². The zero-order valence-corrected chi connectivity index (χ0v) is 17.2. The second kappa shape index (κ2) is 11.0. The first-order chi connectivity index (χ1) is 12.9. The van der Waals surface area contributed by atoms with Crippen molar-refractivity contribution in [2.24, 2.45) is 0 Å². The minimum Gasteiger partial charge on any atom is -0.464 e. The summed E-state index contributed by atoms with van der Waals surface area (Å²) >= 11 is 0. The molecule has 1 fully saturated rings. The van der Waals surface area contributed by atoms with Crippen LogP contribution < -0.4 is 16.0 Å². The Morgan fingerprint density at radius 2 is 1.79 bits per heavy atom. The lowest BCUT2D eigenvalue weighted by molar-refractivity contribution is -0.145. The molecule has 2 rings (SSSR count). The topological polar surface area (TPSA) is 106 Å². The van der Waals surface area contributed by atoms with Gasteiger partial charge in [-0.05, 0) is 64.0 Å². The van der Waals surface area contributed by atoms with Crippen LogP contribution in [0.3, 0.4) is 0 Å². The Labute approximate surface area is 171 Å². The van der Waals surface area contributed by atoms with Crippen LogP contribution in [0.25, 0.3) is 0 Å². The maximum atomic E-state index is 12.6. The summed E-state index contributed by atoms with van der Waals surface area (Å²) in [6.45, 7) is 4.97. The first kappa shape index (κ1) is 23.9. The summed E-state index contributed by atoms with van der Waals surface area (Å²) < 4.78 is 10.4. The number of methoxy groups -OCH3 is 1. The molecule has 2 amide bonds. The third-order valence-corrected chi connectivity index (χ3v) is 4.61. The standard InChI is InChI=1S/C19H27N3O5.ClH/c1-4-27-17(24)13(2)21-16(23)14-5-7-15(8-6-14)22-18(25)19(26-3)9-11-20-12-10-19;/h5-8,13,20H,4,9-12H2,1-3H3,(H,21,23)(H,22,25);1H. The maximum absolute atomic E-state index is 12.6. The first-order valence-electron chi connectivity index (χ1n) is 9.06. The molecule has 1 atom stereocenters. The highest BCUT2D eigenvalue weighted by Crippen LogP contribution is 2.24. The van der Waals surface area contributed by atoms with Gasteiger partial charge in [-0.1, -0.05) is 0 Å². The molecule has 1 aromatic rings. The van der Waals surface area contributed by atoms with Crippen LogP contribution in [0.4, 0.5) is 5.69 Å². The molecule has 0 bridgehead atoms. The smallest absolute Gasteiger partial charge is 0.328 e. The Kier molecular flexibility index (Phi) is 9.37. The Morgan fingerprint density at radius 3 is 2.32 bits per heavy atom. The van der Waals surface area contributed by atoms with Gasteiger partial charge < -0.3 is 25.4 Å². The maximum Gasteiger partial charge on any atom is 0.328 e. The van der Waals surface area contributed by atoms with Gasteiger partial charge in [0, 0.05) is 18.4 Å². The van der Waals surface area contributed by atoms with Crippen molar-refractivity contribution >= 4 is 35.9 Å². The molecule has 0 saturated carbocycles. The van der Waals surface area contributed by atoms with Gasteiger partial charge in [0.05, 0.1) is 6.61 Å². The molecule has 1 aliphatic heterocycles. The monoisotopic (exact) mass is 413 g/mol. The lowest BCUT2D eigenvalue weighted by Gasteiger charge is -2.34. The minimum absolute atomic E-state index is 0. The quantitative estimate of drug-likeness (QED) is 0.585. The molecule has 8 nitrogen and oxygen atoms in total. The van der Waals surface area contributed by atoms with Crippen molar-refractivity contribution < 1.29 is 23.9 Å². The molecule has 0 radical (unpaired) electrons. The summed E-state index contributed by atoms with van der Waals surface area (Å²) in [7, 11) is 1.54. The number of esters is 1. The van der Waals surface area contributed by atoms with Crippen molar-refractivity contribution in [2.75, 3.05) is 32.1 Å². The minimum atomic E-state index is -0.837. The average Bonchev–Trinajstić information content (AvgIpc) is 2.69. The number of anilines is 1. The van der Waals surface area contributed by atoms with Gasteiger partial charge in [-0.2, -0.15) is 0 Å². The number of hydrogen-bond donors (Lipinski definition) is 3. The normalized spacial score (nSPS) is 16.2. The van der Waals surface area contributed by atoms with E-state index in [9.17, 15) is 14.4 Å². The van der Waals surface area contributed by atoms with E-state index in [-0.39, 0.29) is 30.8 Å². The van der Waals surface area contributed by atoms with Gasteiger partial charge in [0.1, 0.15) is 11.6 Å². The molecular formula is C19H28ClN3O5. The summed E-state index contributed by atoms with van der Waals surface area (Å²) in [6.07, 6.45) is 1.20. The fourth-order valence-electron chi connectivity index (χ4n) is 2.91. The van der Waals surface area contributed by atoms with Crippen molar-refractivity contribution in [3.63, 3.8) is 0 Å². The second-order valence-corrected chi connectivity index (χ2v) is 6.43. The predicted molar refractivity (Wildman–Crippen MR) is 108 cm³/mol. The third-order valence-electron chi connectivity index (χ3n) is 4.61. The van der Waals surface area contributed by atoms with Gasteiger partial charge in [-0.25, -0.2) is 4.79 Å². The van der Waals surface area contributed by atoms with Crippen molar-refractivity contribution in [3.8, 4) is 0 Å². The number of ether oxygens (including phenoxy) is 2. The van der Waals surface area contributed by atoms with Crippen LogP contribution in [-0.4, -0.2) is 56.2 Å². The number of hydrogen-bond acceptors (Lipinski definition) is 6. The Hall–Kier alpha value is -2.16. The average molecular weight is 414 g/mol. The molecule has 0 spiro atoms. The van der Waals surface area contributed by atoms with Gasteiger partial charge in [-0.3, -0.25) is 9.59 Å². The van der Waals surface area contributed by atoms with Crippen LogP contribution in [0, 0.1) is 0 Å². The molecule has 1 aliphatic rings. The molecule has 1 saturated heterocycles. The van der Waals surface area contributed by atoms with Crippen molar-refractivity contribution in [1.29, 1.82) is 0 Å². The summed E-state index contributed by atoms with van der Waals surface area (Å²) in [5.41, 5.74) is 0.119. The van der Waals surface area contributed by atoms with Gasteiger partial charge in [0.25, 0.3) is 11.8 Å². The SMILES string of the molecule is CCOC(=O)C(C)NC(=O)c1ccc(NC(=O)C2(OC)CCNCC2)cc1.Cl. The Bertz CT molecular complexity index is 675. The fraction of sp³-hybridized carbons (Fsp3) is 0.526. The largest absolute Gasteiger partial charge is 0.464 e. The van der Waals surface area contributed by atoms with Crippen LogP contribution >= 0.6 is 12.4 Å². The van der Waals surface area contributed by atoms with E-state index in [0.29, 0.717) is 24.1 Å². The molecule has 1 aromatic carbocycles. The molecule has 1 heterocycles. The Morgan fingerprint density at radius 1 is 1.18 bits per heavy atom. The second-order valence-electron chi connectivity index (χ2n) is 6.43. The van der Waals surface area contributed by atoms with Crippen molar-refractivity contribution in [1.82, 2.24) is 10.6 Å². The summed E-state index contributed by atoms with van der Waals surface area (Å²) in [5.74, 6) is -1.07. The first-order valence-corrected chi connectivity index (χ1v) is 9.06. The lowest BCUT2D eigenvalue weighted by atomic mass is 9.91. The predicted octanol–water partition coefficient (Wildman–Crippen LogP) is 1.50. The molecule has 3 N–H and O–H groups in total. The third kappa shape index (κ3) is 5.92. The van der Waals surface area contributed by atoms with E-state index in [1.54, 1.807) is 45.2 Å².